The number of rotatable bonds is 3. The Hall–Kier alpha value is -2.17. The second-order valence-electron chi connectivity index (χ2n) is 6.66. The summed E-state index contributed by atoms with van der Waals surface area (Å²) in [7, 11) is 1.41. The molecular formula is C21H20Cl2N2O2. The molecule has 2 heterocycles. The smallest absolute Gasteiger partial charge is 0.357 e. The molecular weight excluding hydrogens is 383 g/mol. The third-order valence-electron chi connectivity index (χ3n) is 5.06. The topological polar surface area (TPSA) is 34.5 Å². The van der Waals surface area contributed by atoms with Crippen LogP contribution in [-0.4, -0.2) is 30.7 Å². The summed E-state index contributed by atoms with van der Waals surface area (Å²) in [6, 6.07) is 13.5. The maximum atomic E-state index is 12.9. The zero-order valence-electron chi connectivity index (χ0n) is 15.0. The van der Waals surface area contributed by atoms with Gasteiger partial charge in [0.1, 0.15) is 0 Å². The minimum absolute atomic E-state index is 0.386. The summed E-state index contributed by atoms with van der Waals surface area (Å²) in [5.41, 5.74) is 3.03. The fourth-order valence-corrected chi connectivity index (χ4v) is 4.26. The first kappa shape index (κ1) is 18.2. The van der Waals surface area contributed by atoms with Crippen molar-refractivity contribution in [2.24, 2.45) is 0 Å². The minimum atomic E-state index is -0.386. The predicted octanol–water partition coefficient (Wildman–Crippen LogP) is 5.71. The molecule has 6 heteroatoms. The lowest BCUT2D eigenvalue weighted by Gasteiger charge is -2.29. The number of hydrogen-bond donors (Lipinski definition) is 0. The van der Waals surface area contributed by atoms with Crippen LogP contribution in [0.5, 0.6) is 0 Å². The molecule has 4 rings (SSSR count). The number of nitrogens with zero attached hydrogens (tertiary/aromatic N) is 2. The number of aromatic nitrogens is 1. The van der Waals surface area contributed by atoms with Gasteiger partial charge in [-0.2, -0.15) is 0 Å². The van der Waals surface area contributed by atoms with Crippen molar-refractivity contribution in [1.82, 2.24) is 4.57 Å². The highest BCUT2D eigenvalue weighted by Gasteiger charge is 2.30. The Bertz CT molecular complexity index is 993. The molecule has 0 unspecified atom stereocenters. The number of halogens is 2. The standard InChI is InChI=1S/C21H20Cl2N2O2/c1-27-21(26)20-19(24-12-6-3-7-13-24)17-16(11-10-15(22)18(17)23)25(20)14-8-4-2-5-9-14/h2,4-5,8-11H,3,6-7,12-13H2,1H3. The molecule has 0 radical (unpaired) electrons. The zero-order chi connectivity index (χ0) is 19.0. The highest BCUT2D eigenvalue weighted by atomic mass is 35.5. The number of carbonyl (C=O) groups excluding carboxylic acids is 1. The van der Waals surface area contributed by atoms with E-state index in [1.54, 1.807) is 6.07 Å². The highest BCUT2D eigenvalue weighted by molar-refractivity contribution is 6.46. The van der Waals surface area contributed by atoms with E-state index in [0.717, 1.165) is 48.2 Å². The zero-order valence-corrected chi connectivity index (χ0v) is 16.6. The largest absolute Gasteiger partial charge is 0.464 e. The van der Waals surface area contributed by atoms with E-state index in [0.29, 0.717) is 15.7 Å². The first-order valence-electron chi connectivity index (χ1n) is 9.04. The van der Waals surface area contributed by atoms with Gasteiger partial charge >= 0.3 is 5.97 Å². The normalized spacial score (nSPS) is 14.6. The van der Waals surface area contributed by atoms with Gasteiger partial charge in [0.2, 0.25) is 0 Å². The average molecular weight is 403 g/mol. The second kappa shape index (κ2) is 7.45. The molecule has 0 amide bonds. The number of fused-ring (bicyclic) bond motifs is 1. The molecule has 1 aliphatic rings. The van der Waals surface area contributed by atoms with Crippen LogP contribution in [0.25, 0.3) is 16.6 Å². The van der Waals surface area contributed by atoms with Crippen molar-refractivity contribution in [2.75, 3.05) is 25.1 Å². The van der Waals surface area contributed by atoms with E-state index < -0.39 is 0 Å². The Morgan fingerprint density at radius 2 is 1.70 bits per heavy atom. The van der Waals surface area contributed by atoms with Gasteiger partial charge < -0.3 is 14.2 Å². The molecule has 4 nitrogen and oxygen atoms in total. The average Bonchev–Trinajstić information content (AvgIpc) is 3.07. The summed E-state index contributed by atoms with van der Waals surface area (Å²) in [4.78, 5) is 15.1. The van der Waals surface area contributed by atoms with Crippen molar-refractivity contribution in [3.63, 3.8) is 0 Å². The van der Waals surface area contributed by atoms with Crippen molar-refractivity contribution in [3.8, 4) is 5.69 Å². The predicted molar refractivity (Wildman–Crippen MR) is 111 cm³/mol. The molecule has 0 N–H and O–H groups in total. The van der Waals surface area contributed by atoms with Crippen molar-refractivity contribution in [2.45, 2.75) is 19.3 Å². The van der Waals surface area contributed by atoms with E-state index in [1.807, 2.05) is 41.0 Å². The first-order chi connectivity index (χ1) is 13.1. The number of benzene rings is 2. The molecule has 27 heavy (non-hydrogen) atoms. The number of para-hydroxylation sites is 1. The molecule has 2 aromatic carbocycles. The monoisotopic (exact) mass is 402 g/mol. The van der Waals surface area contributed by atoms with Crippen LogP contribution in [0.2, 0.25) is 10.0 Å². The SMILES string of the molecule is COC(=O)c1c(N2CCCCC2)c2c(Cl)c(Cl)ccc2n1-c1ccccc1. The van der Waals surface area contributed by atoms with Gasteiger partial charge in [0.15, 0.2) is 5.69 Å². The first-order valence-corrected chi connectivity index (χ1v) is 9.80. The van der Waals surface area contributed by atoms with Gasteiger partial charge in [-0.25, -0.2) is 4.79 Å². The molecule has 1 saturated heterocycles. The lowest BCUT2D eigenvalue weighted by Crippen LogP contribution is -2.31. The molecule has 0 bridgehead atoms. The van der Waals surface area contributed by atoms with Gasteiger partial charge in [-0.1, -0.05) is 41.4 Å². The third-order valence-corrected chi connectivity index (χ3v) is 5.87. The van der Waals surface area contributed by atoms with E-state index in [2.05, 4.69) is 4.90 Å². The molecule has 1 aromatic heterocycles. The fourth-order valence-electron chi connectivity index (χ4n) is 3.85. The Kier molecular flexibility index (Phi) is 5.02. The number of hydrogen-bond acceptors (Lipinski definition) is 3. The molecule has 0 atom stereocenters. The molecule has 140 valence electrons. The number of anilines is 1. The second-order valence-corrected chi connectivity index (χ2v) is 7.45. The van der Waals surface area contributed by atoms with Crippen molar-refractivity contribution in [1.29, 1.82) is 0 Å². The van der Waals surface area contributed by atoms with Crippen molar-refractivity contribution < 1.29 is 9.53 Å². The van der Waals surface area contributed by atoms with Crippen LogP contribution in [0.1, 0.15) is 29.8 Å². The molecule has 3 aromatic rings. The lowest BCUT2D eigenvalue weighted by molar-refractivity contribution is 0.0593. The van der Waals surface area contributed by atoms with Crippen LogP contribution in [-0.2, 0) is 4.74 Å². The van der Waals surface area contributed by atoms with E-state index in [-0.39, 0.29) is 5.97 Å². The van der Waals surface area contributed by atoms with Crippen LogP contribution in [0.4, 0.5) is 5.69 Å². The number of piperidine rings is 1. The number of methoxy groups -OCH3 is 1. The van der Waals surface area contributed by atoms with E-state index in [1.165, 1.54) is 13.5 Å². The van der Waals surface area contributed by atoms with E-state index >= 15 is 0 Å². The quantitative estimate of drug-likeness (QED) is 0.525. The maximum Gasteiger partial charge on any atom is 0.357 e. The number of esters is 1. The summed E-state index contributed by atoms with van der Waals surface area (Å²) in [5, 5.41) is 1.74. The van der Waals surface area contributed by atoms with Gasteiger partial charge in [-0.3, -0.25) is 0 Å². The molecule has 1 fully saturated rings. The molecule has 0 aliphatic carbocycles. The van der Waals surface area contributed by atoms with Crippen molar-refractivity contribution >= 4 is 45.8 Å². The van der Waals surface area contributed by atoms with Crippen molar-refractivity contribution in [3.05, 3.63) is 58.2 Å². The van der Waals surface area contributed by atoms with Gasteiger partial charge in [0, 0.05) is 24.2 Å². The Balaban J connectivity index is 2.12. The summed E-state index contributed by atoms with van der Waals surface area (Å²) >= 11 is 13.0. The molecule has 0 saturated carbocycles. The molecule has 0 spiro atoms. The van der Waals surface area contributed by atoms with Crippen LogP contribution in [0, 0.1) is 0 Å². The Labute approximate surface area is 168 Å². The van der Waals surface area contributed by atoms with Gasteiger partial charge in [-0.05, 0) is 43.5 Å². The van der Waals surface area contributed by atoms with Gasteiger partial charge in [0.25, 0.3) is 0 Å². The summed E-state index contributed by atoms with van der Waals surface area (Å²) in [5.74, 6) is -0.386. The fraction of sp³-hybridized carbons (Fsp3) is 0.286. The third kappa shape index (κ3) is 3.07. The highest BCUT2D eigenvalue weighted by Crippen LogP contribution is 2.44. The van der Waals surface area contributed by atoms with Crippen LogP contribution < -0.4 is 4.90 Å². The summed E-state index contributed by atoms with van der Waals surface area (Å²) < 4.78 is 7.09. The minimum Gasteiger partial charge on any atom is -0.464 e. The molecule has 1 aliphatic heterocycles. The number of ether oxygens (including phenoxy) is 1. The Morgan fingerprint density at radius 1 is 1.00 bits per heavy atom. The van der Waals surface area contributed by atoms with E-state index in [9.17, 15) is 4.79 Å². The van der Waals surface area contributed by atoms with E-state index in [4.69, 9.17) is 27.9 Å². The van der Waals surface area contributed by atoms with Gasteiger partial charge in [0.05, 0.1) is 28.4 Å². The lowest BCUT2D eigenvalue weighted by atomic mass is 10.1. The van der Waals surface area contributed by atoms with Crippen LogP contribution in [0.3, 0.4) is 0 Å². The van der Waals surface area contributed by atoms with Crippen LogP contribution in [0.15, 0.2) is 42.5 Å². The Morgan fingerprint density at radius 3 is 2.37 bits per heavy atom. The number of carbonyl (C=O) groups is 1. The summed E-state index contributed by atoms with van der Waals surface area (Å²) in [6.45, 7) is 1.75. The summed E-state index contributed by atoms with van der Waals surface area (Å²) in [6.07, 6.45) is 3.35. The van der Waals surface area contributed by atoms with Crippen LogP contribution >= 0.6 is 23.2 Å². The van der Waals surface area contributed by atoms with Gasteiger partial charge in [-0.15, -0.1) is 0 Å². The maximum absolute atomic E-state index is 12.9.